The van der Waals surface area contributed by atoms with E-state index in [4.69, 9.17) is 4.74 Å². The van der Waals surface area contributed by atoms with Crippen LogP contribution >= 0.6 is 0 Å². The van der Waals surface area contributed by atoms with Crippen LogP contribution in [0.4, 0.5) is 0 Å². The Morgan fingerprint density at radius 3 is 2.75 bits per heavy atom. The zero-order valence-corrected chi connectivity index (χ0v) is 10.1. The van der Waals surface area contributed by atoms with E-state index in [-0.39, 0.29) is 0 Å². The number of hydrogen-bond acceptors (Lipinski definition) is 3. The van der Waals surface area contributed by atoms with Crippen LogP contribution in [-0.4, -0.2) is 37.7 Å². The van der Waals surface area contributed by atoms with Gasteiger partial charge in [0.2, 0.25) is 0 Å². The highest BCUT2D eigenvalue weighted by Gasteiger charge is 2.17. The van der Waals surface area contributed by atoms with Gasteiger partial charge in [-0.3, -0.25) is 4.90 Å². The number of ether oxygens (including phenoxy) is 1. The van der Waals surface area contributed by atoms with E-state index in [2.05, 4.69) is 29.3 Å². The van der Waals surface area contributed by atoms with Crippen molar-refractivity contribution in [1.82, 2.24) is 10.2 Å². The molecule has 1 atom stereocenters. The number of nitrogens with one attached hydrogen (secondary N) is 1. The van der Waals surface area contributed by atoms with Crippen LogP contribution in [0.5, 0.6) is 5.75 Å². The summed E-state index contributed by atoms with van der Waals surface area (Å²) in [5, 5.41) is 3.41. The minimum Gasteiger partial charge on any atom is -0.497 e. The summed E-state index contributed by atoms with van der Waals surface area (Å²) < 4.78 is 5.16. The predicted octanol–water partition coefficient (Wildman–Crippen LogP) is 1.49. The van der Waals surface area contributed by atoms with Gasteiger partial charge in [-0.1, -0.05) is 12.1 Å². The first kappa shape index (κ1) is 11.4. The molecule has 1 fully saturated rings. The summed E-state index contributed by atoms with van der Waals surface area (Å²) in [6.45, 7) is 6.63. The fourth-order valence-electron chi connectivity index (χ4n) is 2.08. The molecule has 88 valence electrons. The van der Waals surface area contributed by atoms with E-state index >= 15 is 0 Å². The SMILES string of the molecule is COc1ccc(CN2CCNC[C@H]2C)cc1. The summed E-state index contributed by atoms with van der Waals surface area (Å²) in [5.74, 6) is 0.928. The fraction of sp³-hybridized carbons (Fsp3) is 0.538. The van der Waals surface area contributed by atoms with E-state index in [0.717, 1.165) is 31.9 Å². The Bertz CT molecular complexity index is 323. The van der Waals surface area contributed by atoms with Gasteiger partial charge in [-0.15, -0.1) is 0 Å². The molecule has 3 nitrogen and oxygen atoms in total. The van der Waals surface area contributed by atoms with Crippen LogP contribution in [0.25, 0.3) is 0 Å². The molecule has 1 saturated heterocycles. The molecule has 0 radical (unpaired) electrons. The Morgan fingerprint density at radius 2 is 2.12 bits per heavy atom. The number of hydrogen-bond donors (Lipinski definition) is 1. The maximum Gasteiger partial charge on any atom is 0.118 e. The van der Waals surface area contributed by atoms with Crippen LogP contribution in [0.2, 0.25) is 0 Å². The van der Waals surface area contributed by atoms with Crippen molar-refractivity contribution < 1.29 is 4.74 Å². The van der Waals surface area contributed by atoms with Crippen molar-refractivity contribution in [2.75, 3.05) is 26.7 Å². The number of rotatable bonds is 3. The molecule has 1 aromatic carbocycles. The molecular weight excluding hydrogens is 200 g/mol. The van der Waals surface area contributed by atoms with Crippen LogP contribution in [0.1, 0.15) is 12.5 Å². The Balaban J connectivity index is 1.96. The smallest absolute Gasteiger partial charge is 0.118 e. The van der Waals surface area contributed by atoms with E-state index in [1.54, 1.807) is 7.11 Å². The van der Waals surface area contributed by atoms with E-state index in [1.807, 2.05) is 12.1 Å². The average Bonchev–Trinajstić information content (AvgIpc) is 2.33. The van der Waals surface area contributed by atoms with Crippen molar-refractivity contribution in [2.24, 2.45) is 0 Å². The lowest BCUT2D eigenvalue weighted by Gasteiger charge is -2.33. The van der Waals surface area contributed by atoms with Crippen molar-refractivity contribution in [3.8, 4) is 5.75 Å². The van der Waals surface area contributed by atoms with Crippen LogP contribution < -0.4 is 10.1 Å². The van der Waals surface area contributed by atoms with Crippen LogP contribution in [0, 0.1) is 0 Å². The first-order valence-electron chi connectivity index (χ1n) is 5.87. The predicted molar refractivity (Wildman–Crippen MR) is 65.7 cm³/mol. The van der Waals surface area contributed by atoms with E-state index in [1.165, 1.54) is 5.56 Å². The van der Waals surface area contributed by atoms with Crippen molar-refractivity contribution in [3.05, 3.63) is 29.8 Å². The second kappa shape index (κ2) is 5.32. The second-order valence-corrected chi connectivity index (χ2v) is 4.37. The van der Waals surface area contributed by atoms with Crippen molar-refractivity contribution in [2.45, 2.75) is 19.5 Å². The summed E-state index contributed by atoms with van der Waals surface area (Å²) in [7, 11) is 1.70. The van der Waals surface area contributed by atoms with Crippen molar-refractivity contribution in [3.63, 3.8) is 0 Å². The zero-order valence-electron chi connectivity index (χ0n) is 10.1. The Kier molecular flexibility index (Phi) is 3.80. The largest absolute Gasteiger partial charge is 0.497 e. The maximum atomic E-state index is 5.16. The minimum absolute atomic E-state index is 0.621. The lowest BCUT2D eigenvalue weighted by atomic mass is 10.1. The van der Waals surface area contributed by atoms with Gasteiger partial charge in [-0.05, 0) is 24.6 Å². The summed E-state index contributed by atoms with van der Waals surface area (Å²) in [5.41, 5.74) is 1.36. The van der Waals surface area contributed by atoms with Gasteiger partial charge in [0.15, 0.2) is 0 Å². The standard InChI is InChI=1S/C13H20N2O/c1-11-9-14-7-8-15(11)10-12-3-5-13(16-2)6-4-12/h3-6,11,14H,7-10H2,1-2H3/t11-/m1/s1. The van der Waals surface area contributed by atoms with Gasteiger partial charge in [-0.2, -0.15) is 0 Å². The highest BCUT2D eigenvalue weighted by atomic mass is 16.5. The lowest BCUT2D eigenvalue weighted by molar-refractivity contribution is 0.165. The normalized spacial score (nSPS) is 22.0. The molecule has 1 heterocycles. The van der Waals surface area contributed by atoms with Crippen molar-refractivity contribution in [1.29, 1.82) is 0 Å². The van der Waals surface area contributed by atoms with Gasteiger partial charge < -0.3 is 10.1 Å². The second-order valence-electron chi connectivity index (χ2n) is 4.37. The van der Waals surface area contributed by atoms with E-state index in [9.17, 15) is 0 Å². The third kappa shape index (κ3) is 2.74. The number of benzene rings is 1. The third-order valence-corrected chi connectivity index (χ3v) is 3.18. The first-order chi connectivity index (χ1) is 7.79. The van der Waals surface area contributed by atoms with E-state index in [0.29, 0.717) is 6.04 Å². The average molecular weight is 220 g/mol. The molecule has 0 aromatic heterocycles. The molecule has 0 aliphatic carbocycles. The minimum atomic E-state index is 0.621. The molecular formula is C13H20N2O. The molecule has 1 N–H and O–H groups in total. The van der Waals surface area contributed by atoms with E-state index < -0.39 is 0 Å². The maximum absolute atomic E-state index is 5.16. The van der Waals surface area contributed by atoms with Gasteiger partial charge in [-0.25, -0.2) is 0 Å². The fourth-order valence-corrected chi connectivity index (χ4v) is 2.08. The Hall–Kier alpha value is -1.06. The third-order valence-electron chi connectivity index (χ3n) is 3.18. The quantitative estimate of drug-likeness (QED) is 0.835. The Labute approximate surface area is 97.4 Å². The Morgan fingerprint density at radius 1 is 1.38 bits per heavy atom. The highest BCUT2D eigenvalue weighted by Crippen LogP contribution is 2.14. The highest BCUT2D eigenvalue weighted by molar-refractivity contribution is 5.27. The summed E-state index contributed by atoms with van der Waals surface area (Å²) >= 11 is 0. The number of methoxy groups -OCH3 is 1. The molecule has 1 aliphatic heterocycles. The van der Waals surface area contributed by atoms with Crippen LogP contribution in [0.15, 0.2) is 24.3 Å². The molecule has 3 heteroatoms. The summed E-state index contributed by atoms with van der Waals surface area (Å²) in [6, 6.07) is 8.97. The molecule has 0 bridgehead atoms. The molecule has 2 rings (SSSR count). The van der Waals surface area contributed by atoms with Gasteiger partial charge in [0.1, 0.15) is 5.75 Å². The molecule has 1 aromatic rings. The molecule has 0 spiro atoms. The van der Waals surface area contributed by atoms with Crippen LogP contribution in [-0.2, 0) is 6.54 Å². The molecule has 0 unspecified atom stereocenters. The monoisotopic (exact) mass is 220 g/mol. The van der Waals surface area contributed by atoms with Gasteiger partial charge >= 0.3 is 0 Å². The lowest BCUT2D eigenvalue weighted by Crippen LogP contribution is -2.49. The van der Waals surface area contributed by atoms with Crippen LogP contribution in [0.3, 0.4) is 0 Å². The summed E-state index contributed by atoms with van der Waals surface area (Å²) in [4.78, 5) is 2.51. The van der Waals surface area contributed by atoms with Gasteiger partial charge in [0.05, 0.1) is 7.11 Å². The van der Waals surface area contributed by atoms with Crippen molar-refractivity contribution >= 4 is 0 Å². The molecule has 0 amide bonds. The first-order valence-corrected chi connectivity index (χ1v) is 5.87. The number of piperazine rings is 1. The van der Waals surface area contributed by atoms with Gasteiger partial charge in [0.25, 0.3) is 0 Å². The molecule has 0 saturated carbocycles. The van der Waals surface area contributed by atoms with Gasteiger partial charge in [0, 0.05) is 32.2 Å². The molecule has 16 heavy (non-hydrogen) atoms. The number of nitrogens with zero attached hydrogens (tertiary/aromatic N) is 1. The topological polar surface area (TPSA) is 24.5 Å². The zero-order chi connectivity index (χ0) is 11.4. The summed E-state index contributed by atoms with van der Waals surface area (Å²) in [6.07, 6.45) is 0. The molecule has 1 aliphatic rings.